The van der Waals surface area contributed by atoms with E-state index in [9.17, 15) is 9.90 Å². The van der Waals surface area contributed by atoms with Gasteiger partial charge in [0.15, 0.2) is 0 Å². The number of thioether (sulfide) groups is 1. The van der Waals surface area contributed by atoms with E-state index >= 15 is 0 Å². The van der Waals surface area contributed by atoms with Crippen LogP contribution in [0.25, 0.3) is 6.08 Å². The van der Waals surface area contributed by atoms with Crippen LogP contribution >= 0.6 is 11.8 Å². The highest BCUT2D eigenvalue weighted by atomic mass is 32.2. The number of nitrogens with one attached hydrogen (secondary N) is 1. The van der Waals surface area contributed by atoms with Gasteiger partial charge in [-0.1, -0.05) is 50.3 Å². The molecule has 2 aliphatic rings. The average Bonchev–Trinajstić information content (AvgIpc) is 2.64. The van der Waals surface area contributed by atoms with Crippen LogP contribution in [0.5, 0.6) is 0 Å². The molecule has 0 radical (unpaired) electrons. The second-order valence-corrected chi connectivity index (χ2v) is 8.56. The van der Waals surface area contributed by atoms with E-state index in [-0.39, 0.29) is 11.9 Å². The van der Waals surface area contributed by atoms with Crippen molar-refractivity contribution in [1.82, 2.24) is 5.32 Å². The zero-order valence-electron chi connectivity index (χ0n) is 14.8. The molecule has 2 unspecified atom stereocenters. The third-order valence-electron chi connectivity index (χ3n) is 5.24. The van der Waals surface area contributed by atoms with Gasteiger partial charge in [-0.2, -0.15) is 0 Å². The first kappa shape index (κ1) is 18.5. The lowest BCUT2D eigenvalue weighted by atomic mass is 9.92. The third kappa shape index (κ3) is 5.61. The second-order valence-electron chi connectivity index (χ2n) is 7.22. The number of aliphatic hydroxyl groups excluding tert-OH is 1. The van der Waals surface area contributed by atoms with Gasteiger partial charge in [0.1, 0.15) is 0 Å². The summed E-state index contributed by atoms with van der Waals surface area (Å²) in [6, 6.07) is 8.22. The van der Waals surface area contributed by atoms with Crippen LogP contribution in [-0.4, -0.2) is 28.4 Å². The van der Waals surface area contributed by atoms with Crippen LogP contribution in [0.15, 0.2) is 35.2 Å². The molecule has 0 aliphatic heterocycles. The van der Waals surface area contributed by atoms with E-state index in [0.717, 1.165) is 31.2 Å². The van der Waals surface area contributed by atoms with Gasteiger partial charge in [-0.25, -0.2) is 0 Å². The normalized spacial score (nSPS) is 25.2. The molecule has 1 aromatic carbocycles. The Morgan fingerprint density at radius 2 is 1.76 bits per heavy atom. The molecule has 2 aliphatic carbocycles. The molecule has 0 heterocycles. The van der Waals surface area contributed by atoms with Crippen LogP contribution < -0.4 is 5.32 Å². The number of aliphatic hydroxyl groups is 1. The van der Waals surface area contributed by atoms with E-state index in [1.165, 1.54) is 37.0 Å². The Morgan fingerprint density at radius 1 is 1.04 bits per heavy atom. The van der Waals surface area contributed by atoms with Crippen LogP contribution in [0.1, 0.15) is 63.4 Å². The van der Waals surface area contributed by atoms with Gasteiger partial charge in [-0.15, -0.1) is 11.8 Å². The molecule has 2 N–H and O–H groups in total. The summed E-state index contributed by atoms with van der Waals surface area (Å²) in [6.07, 6.45) is 13.5. The molecular formula is C21H29NO2S. The maximum atomic E-state index is 12.2. The van der Waals surface area contributed by atoms with E-state index in [1.54, 1.807) is 6.08 Å². The fourth-order valence-electron chi connectivity index (χ4n) is 3.76. The summed E-state index contributed by atoms with van der Waals surface area (Å²) in [7, 11) is 0. The summed E-state index contributed by atoms with van der Waals surface area (Å²) in [5, 5.41) is 13.6. The molecule has 2 atom stereocenters. The Hall–Kier alpha value is -1.26. The van der Waals surface area contributed by atoms with Crippen molar-refractivity contribution in [1.29, 1.82) is 0 Å². The SMILES string of the molecule is O=C(/C=C/c1ccccc1SC1CCCCC1)NC1CCCCC1O. The predicted octanol–water partition coefficient (Wildman–Crippen LogP) is 4.54. The van der Waals surface area contributed by atoms with Gasteiger partial charge in [0.2, 0.25) is 5.91 Å². The van der Waals surface area contributed by atoms with Crippen LogP contribution in [-0.2, 0) is 4.79 Å². The summed E-state index contributed by atoms with van der Waals surface area (Å²) in [5.74, 6) is -0.108. The van der Waals surface area contributed by atoms with Gasteiger partial charge in [0, 0.05) is 16.2 Å². The van der Waals surface area contributed by atoms with E-state index in [0.29, 0.717) is 5.25 Å². The fraction of sp³-hybridized carbons (Fsp3) is 0.571. The monoisotopic (exact) mass is 359 g/mol. The standard InChI is InChI=1S/C21H29NO2S/c23-19-12-6-5-11-18(19)22-21(24)15-14-16-8-4-7-13-20(16)25-17-9-2-1-3-10-17/h4,7-8,13-15,17-19,23H,1-3,5-6,9-12H2,(H,22,24)/b15-14+. The lowest BCUT2D eigenvalue weighted by molar-refractivity contribution is -0.118. The molecule has 2 fully saturated rings. The summed E-state index contributed by atoms with van der Waals surface area (Å²) in [6.45, 7) is 0. The molecule has 0 spiro atoms. The van der Waals surface area contributed by atoms with E-state index < -0.39 is 6.10 Å². The van der Waals surface area contributed by atoms with Crippen molar-refractivity contribution < 1.29 is 9.90 Å². The van der Waals surface area contributed by atoms with E-state index in [2.05, 4.69) is 23.5 Å². The smallest absolute Gasteiger partial charge is 0.244 e. The molecule has 1 amide bonds. The molecule has 4 heteroatoms. The van der Waals surface area contributed by atoms with Crippen LogP contribution in [0.3, 0.4) is 0 Å². The van der Waals surface area contributed by atoms with Crippen molar-refractivity contribution in [2.75, 3.05) is 0 Å². The first-order valence-corrected chi connectivity index (χ1v) is 10.5. The third-order valence-corrected chi connectivity index (χ3v) is 6.67. The largest absolute Gasteiger partial charge is 0.391 e. The Labute approximate surface area is 155 Å². The predicted molar refractivity (Wildman–Crippen MR) is 105 cm³/mol. The first-order chi connectivity index (χ1) is 12.2. The van der Waals surface area contributed by atoms with Gasteiger partial charge in [0.05, 0.1) is 12.1 Å². The lowest BCUT2D eigenvalue weighted by Crippen LogP contribution is -2.44. The number of amides is 1. The van der Waals surface area contributed by atoms with Gasteiger partial charge in [0.25, 0.3) is 0 Å². The Kier molecular flexibility index (Phi) is 7.00. The highest BCUT2D eigenvalue weighted by molar-refractivity contribution is 8.00. The van der Waals surface area contributed by atoms with Crippen molar-refractivity contribution in [2.24, 2.45) is 0 Å². The Bertz CT molecular complexity index is 595. The van der Waals surface area contributed by atoms with Gasteiger partial charge < -0.3 is 10.4 Å². The molecule has 0 bridgehead atoms. The summed E-state index contributed by atoms with van der Waals surface area (Å²) in [5.41, 5.74) is 1.11. The molecule has 1 aromatic rings. The topological polar surface area (TPSA) is 49.3 Å². The molecule has 0 saturated heterocycles. The zero-order chi connectivity index (χ0) is 17.5. The highest BCUT2D eigenvalue weighted by Gasteiger charge is 2.23. The van der Waals surface area contributed by atoms with Crippen molar-refractivity contribution in [3.63, 3.8) is 0 Å². The van der Waals surface area contributed by atoms with Crippen molar-refractivity contribution in [3.8, 4) is 0 Å². The number of rotatable bonds is 5. The number of carbonyl (C=O) groups excluding carboxylic acids is 1. The molecule has 0 aromatic heterocycles. The van der Waals surface area contributed by atoms with E-state index in [4.69, 9.17) is 0 Å². The second kappa shape index (κ2) is 9.44. The van der Waals surface area contributed by atoms with Crippen LogP contribution in [0.2, 0.25) is 0 Å². The Balaban J connectivity index is 1.59. The van der Waals surface area contributed by atoms with Crippen LogP contribution in [0, 0.1) is 0 Å². The molecule has 136 valence electrons. The highest BCUT2D eigenvalue weighted by Crippen LogP contribution is 2.35. The van der Waals surface area contributed by atoms with E-state index in [1.807, 2.05) is 23.9 Å². The van der Waals surface area contributed by atoms with Gasteiger partial charge >= 0.3 is 0 Å². The van der Waals surface area contributed by atoms with Gasteiger partial charge in [-0.3, -0.25) is 4.79 Å². The zero-order valence-corrected chi connectivity index (χ0v) is 15.6. The first-order valence-electron chi connectivity index (χ1n) is 9.65. The summed E-state index contributed by atoms with van der Waals surface area (Å²) < 4.78 is 0. The minimum absolute atomic E-state index is 0.0993. The van der Waals surface area contributed by atoms with Crippen molar-refractivity contribution >= 4 is 23.7 Å². The lowest BCUT2D eigenvalue weighted by Gasteiger charge is -2.27. The van der Waals surface area contributed by atoms with Crippen molar-refractivity contribution in [2.45, 2.75) is 80.1 Å². The molecule has 2 saturated carbocycles. The molecule has 3 rings (SSSR count). The molecular weight excluding hydrogens is 330 g/mol. The maximum absolute atomic E-state index is 12.2. The van der Waals surface area contributed by atoms with Crippen LogP contribution in [0.4, 0.5) is 0 Å². The molecule has 25 heavy (non-hydrogen) atoms. The summed E-state index contributed by atoms with van der Waals surface area (Å²) >= 11 is 1.96. The number of carbonyl (C=O) groups is 1. The number of hydrogen-bond donors (Lipinski definition) is 2. The Morgan fingerprint density at radius 3 is 2.56 bits per heavy atom. The average molecular weight is 360 g/mol. The fourth-order valence-corrected chi connectivity index (χ4v) is 5.12. The van der Waals surface area contributed by atoms with Crippen molar-refractivity contribution in [3.05, 3.63) is 35.9 Å². The minimum Gasteiger partial charge on any atom is -0.391 e. The quantitative estimate of drug-likeness (QED) is 0.759. The number of hydrogen-bond acceptors (Lipinski definition) is 3. The maximum Gasteiger partial charge on any atom is 0.244 e. The van der Waals surface area contributed by atoms with Gasteiger partial charge in [-0.05, 0) is 43.4 Å². The number of benzene rings is 1. The molecule has 3 nitrogen and oxygen atoms in total. The minimum atomic E-state index is -0.403. The summed E-state index contributed by atoms with van der Waals surface area (Å²) in [4.78, 5) is 13.5.